The summed E-state index contributed by atoms with van der Waals surface area (Å²) in [6.45, 7) is 9.26. The van der Waals surface area contributed by atoms with Gasteiger partial charge < -0.3 is 15.1 Å². The number of likely N-dealkylation sites (tertiary alicyclic amines) is 2. The van der Waals surface area contributed by atoms with Gasteiger partial charge in [-0.3, -0.25) is 9.78 Å². The average Bonchev–Trinajstić information content (AvgIpc) is 2.81. The minimum absolute atomic E-state index is 0.0396. The Balaban J connectivity index is 1.45. The van der Waals surface area contributed by atoms with Gasteiger partial charge in [-0.1, -0.05) is 25.3 Å². The Morgan fingerprint density at radius 1 is 1.06 bits per heavy atom. The van der Waals surface area contributed by atoms with E-state index in [1.807, 2.05) is 24.0 Å². The van der Waals surface area contributed by atoms with E-state index in [1.54, 1.807) is 6.08 Å². The number of aryl methyl sites for hydroxylation is 1. The van der Waals surface area contributed by atoms with Crippen LogP contribution in [0.1, 0.15) is 72.6 Å². The molecule has 6 heteroatoms. The smallest absolute Gasteiger partial charge is 0.317 e. The molecule has 3 fully saturated rings. The van der Waals surface area contributed by atoms with Crippen LogP contribution in [0, 0.1) is 18.8 Å². The predicted octanol–water partition coefficient (Wildman–Crippen LogP) is 4.12. The Kier molecular flexibility index (Phi) is 6.93. The van der Waals surface area contributed by atoms with Crippen molar-refractivity contribution < 1.29 is 9.59 Å². The summed E-state index contributed by atoms with van der Waals surface area (Å²) in [5.41, 5.74) is 2.65. The molecule has 0 aromatic carbocycles. The van der Waals surface area contributed by atoms with Crippen molar-refractivity contribution in [1.29, 1.82) is 0 Å². The van der Waals surface area contributed by atoms with Crippen molar-refractivity contribution in [3.63, 3.8) is 0 Å². The maximum atomic E-state index is 13.5. The number of piperidine rings is 2. The Hall–Kier alpha value is -2.37. The van der Waals surface area contributed by atoms with Crippen LogP contribution in [0.4, 0.5) is 4.79 Å². The molecule has 0 bridgehead atoms. The maximum Gasteiger partial charge on any atom is 0.317 e. The fraction of sp³-hybridized carbons (Fsp3) is 0.640. The Bertz CT molecular complexity index is 816. The van der Waals surface area contributed by atoms with E-state index in [4.69, 9.17) is 4.98 Å². The van der Waals surface area contributed by atoms with E-state index in [2.05, 4.69) is 16.8 Å². The van der Waals surface area contributed by atoms with E-state index < -0.39 is 0 Å². The lowest BCUT2D eigenvalue weighted by Crippen LogP contribution is -2.46. The summed E-state index contributed by atoms with van der Waals surface area (Å²) < 4.78 is 0. The van der Waals surface area contributed by atoms with Gasteiger partial charge in [0.25, 0.3) is 5.91 Å². The number of hydrogen-bond acceptors (Lipinski definition) is 3. The second-order valence-electron chi connectivity index (χ2n) is 9.47. The van der Waals surface area contributed by atoms with Crippen molar-refractivity contribution in [1.82, 2.24) is 20.1 Å². The molecule has 3 heterocycles. The molecule has 1 saturated carbocycles. The van der Waals surface area contributed by atoms with Gasteiger partial charge in [-0.25, -0.2) is 4.79 Å². The largest absolute Gasteiger partial charge is 0.338 e. The summed E-state index contributed by atoms with van der Waals surface area (Å²) in [6.07, 6.45) is 9.76. The lowest BCUT2D eigenvalue weighted by molar-refractivity contribution is 0.0518. The van der Waals surface area contributed by atoms with E-state index in [9.17, 15) is 9.59 Å². The van der Waals surface area contributed by atoms with Crippen LogP contribution in [0.3, 0.4) is 0 Å². The molecule has 4 rings (SSSR count). The molecule has 0 radical (unpaired) electrons. The number of carbonyl (C=O) groups excluding carboxylic acids is 2. The number of pyridine rings is 1. The Morgan fingerprint density at radius 3 is 2.52 bits per heavy atom. The van der Waals surface area contributed by atoms with Crippen LogP contribution in [-0.2, 0) is 0 Å². The van der Waals surface area contributed by atoms with Gasteiger partial charge in [-0.05, 0) is 56.6 Å². The lowest BCUT2D eigenvalue weighted by Gasteiger charge is -2.41. The van der Waals surface area contributed by atoms with E-state index in [0.717, 1.165) is 55.2 Å². The van der Waals surface area contributed by atoms with Crippen molar-refractivity contribution >= 4 is 11.9 Å². The minimum atomic E-state index is -0.0396. The number of fused-ring (bicyclic) bond motifs is 1. The second kappa shape index (κ2) is 9.84. The molecule has 2 saturated heterocycles. The monoisotopic (exact) mass is 424 g/mol. The molecule has 2 unspecified atom stereocenters. The summed E-state index contributed by atoms with van der Waals surface area (Å²) >= 11 is 0. The van der Waals surface area contributed by atoms with E-state index in [-0.39, 0.29) is 17.9 Å². The zero-order valence-electron chi connectivity index (χ0n) is 18.8. The lowest BCUT2D eigenvalue weighted by atomic mass is 9.75. The number of hydrogen-bond donors (Lipinski definition) is 1. The summed E-state index contributed by atoms with van der Waals surface area (Å²) in [5, 5.41) is 2.85. The van der Waals surface area contributed by atoms with Gasteiger partial charge in [0, 0.05) is 44.3 Å². The molecule has 3 amide bonds. The molecular weight excluding hydrogens is 388 g/mol. The van der Waals surface area contributed by atoms with Crippen molar-refractivity contribution in [3.8, 4) is 0 Å². The number of urea groups is 1. The molecule has 1 N–H and O–H groups in total. The topological polar surface area (TPSA) is 65.5 Å². The zero-order valence-corrected chi connectivity index (χ0v) is 18.8. The van der Waals surface area contributed by atoms with Gasteiger partial charge in [0.2, 0.25) is 0 Å². The molecule has 1 aliphatic carbocycles. The number of amides is 3. The van der Waals surface area contributed by atoms with Crippen LogP contribution in [0.15, 0.2) is 24.8 Å². The Labute approximate surface area is 186 Å². The van der Waals surface area contributed by atoms with Crippen molar-refractivity contribution in [3.05, 3.63) is 41.7 Å². The van der Waals surface area contributed by atoms with Crippen LogP contribution in [-0.4, -0.2) is 59.4 Å². The zero-order chi connectivity index (χ0) is 21.8. The average molecular weight is 425 g/mol. The minimum Gasteiger partial charge on any atom is -0.338 e. The number of aromatic nitrogens is 1. The van der Waals surface area contributed by atoms with Gasteiger partial charge in [-0.15, -0.1) is 6.58 Å². The van der Waals surface area contributed by atoms with Crippen LogP contribution < -0.4 is 5.32 Å². The summed E-state index contributed by atoms with van der Waals surface area (Å²) in [5.74, 6) is 1.85. The van der Waals surface area contributed by atoms with E-state index in [1.165, 1.54) is 25.7 Å². The van der Waals surface area contributed by atoms with Gasteiger partial charge in [0.15, 0.2) is 0 Å². The standard InChI is InChI=1S/C25H36N4O2/c1-3-13-26-25(31)28-14-11-20(12-15-28)23-22(9-8-18(2)27-23)24(30)29-16-10-19-6-4-5-7-21(19)17-29/h3,8-9,19-21H,1,4-7,10-17H2,2H3,(H,26,31). The number of carbonyl (C=O) groups is 2. The first-order valence-electron chi connectivity index (χ1n) is 12.0. The molecule has 2 aliphatic heterocycles. The highest BCUT2D eigenvalue weighted by molar-refractivity contribution is 5.95. The maximum absolute atomic E-state index is 13.5. The highest BCUT2D eigenvalue weighted by Gasteiger charge is 2.35. The highest BCUT2D eigenvalue weighted by atomic mass is 16.2. The van der Waals surface area contributed by atoms with Crippen molar-refractivity contribution in [2.75, 3.05) is 32.7 Å². The van der Waals surface area contributed by atoms with E-state index in [0.29, 0.717) is 25.6 Å². The van der Waals surface area contributed by atoms with Crippen LogP contribution >= 0.6 is 0 Å². The van der Waals surface area contributed by atoms with Gasteiger partial charge in [0.05, 0.1) is 11.3 Å². The first-order chi connectivity index (χ1) is 15.1. The van der Waals surface area contributed by atoms with E-state index >= 15 is 0 Å². The number of rotatable bonds is 4. The quantitative estimate of drug-likeness (QED) is 0.740. The highest BCUT2D eigenvalue weighted by Crippen LogP contribution is 2.37. The molecule has 6 nitrogen and oxygen atoms in total. The normalized spacial score (nSPS) is 24.4. The third kappa shape index (κ3) is 4.94. The van der Waals surface area contributed by atoms with Crippen LogP contribution in [0.2, 0.25) is 0 Å². The summed E-state index contributed by atoms with van der Waals surface area (Å²) in [4.78, 5) is 34.6. The molecular formula is C25H36N4O2. The molecule has 3 aliphatic rings. The van der Waals surface area contributed by atoms with Gasteiger partial charge in [-0.2, -0.15) is 0 Å². The molecule has 1 aromatic heterocycles. The first-order valence-corrected chi connectivity index (χ1v) is 12.0. The van der Waals surface area contributed by atoms with Gasteiger partial charge >= 0.3 is 6.03 Å². The number of nitrogens with one attached hydrogen (secondary N) is 1. The number of nitrogens with zero attached hydrogens (tertiary/aromatic N) is 3. The van der Waals surface area contributed by atoms with Crippen LogP contribution in [0.5, 0.6) is 0 Å². The molecule has 2 atom stereocenters. The third-order valence-corrected chi connectivity index (χ3v) is 7.44. The third-order valence-electron chi connectivity index (χ3n) is 7.44. The molecule has 168 valence electrons. The Morgan fingerprint density at radius 2 is 1.77 bits per heavy atom. The first kappa shape index (κ1) is 21.8. The summed E-state index contributed by atoms with van der Waals surface area (Å²) in [7, 11) is 0. The molecule has 1 aromatic rings. The summed E-state index contributed by atoms with van der Waals surface area (Å²) in [6, 6.07) is 3.90. The van der Waals surface area contributed by atoms with Crippen molar-refractivity contribution in [2.24, 2.45) is 11.8 Å². The van der Waals surface area contributed by atoms with Gasteiger partial charge in [0.1, 0.15) is 0 Å². The van der Waals surface area contributed by atoms with Crippen LogP contribution in [0.25, 0.3) is 0 Å². The fourth-order valence-electron chi connectivity index (χ4n) is 5.65. The SMILES string of the molecule is C=CCNC(=O)N1CCC(c2nc(C)ccc2C(=O)N2CCC3CCCCC3C2)CC1. The molecule has 0 spiro atoms. The fourth-order valence-corrected chi connectivity index (χ4v) is 5.65. The molecule has 31 heavy (non-hydrogen) atoms. The predicted molar refractivity (Wildman–Crippen MR) is 122 cm³/mol. The second-order valence-corrected chi connectivity index (χ2v) is 9.47. The van der Waals surface area contributed by atoms with Crippen molar-refractivity contribution in [2.45, 2.75) is 57.8 Å².